The van der Waals surface area contributed by atoms with Gasteiger partial charge in [0.2, 0.25) is 0 Å². The van der Waals surface area contributed by atoms with Crippen molar-refractivity contribution in [2.75, 3.05) is 19.5 Å². The Bertz CT molecular complexity index is 911. The molecule has 2 amide bonds. The van der Waals surface area contributed by atoms with Crippen LogP contribution < -0.4 is 20.1 Å². The van der Waals surface area contributed by atoms with Gasteiger partial charge in [0.25, 0.3) is 0 Å². The van der Waals surface area contributed by atoms with Crippen LogP contribution in [0.15, 0.2) is 41.2 Å². The van der Waals surface area contributed by atoms with Gasteiger partial charge in [-0.2, -0.15) is 0 Å². The van der Waals surface area contributed by atoms with E-state index in [1.165, 1.54) is 0 Å². The zero-order valence-electron chi connectivity index (χ0n) is 15.5. The molecule has 1 atom stereocenters. The number of aromatic nitrogens is 3. The summed E-state index contributed by atoms with van der Waals surface area (Å²) in [4.78, 5) is 16.9. The average Bonchev–Trinajstić information content (AvgIpc) is 3.27. The van der Waals surface area contributed by atoms with E-state index >= 15 is 0 Å². The van der Waals surface area contributed by atoms with E-state index in [1.807, 2.05) is 23.7 Å². The van der Waals surface area contributed by atoms with Crippen LogP contribution in [0.25, 0.3) is 0 Å². The van der Waals surface area contributed by atoms with Gasteiger partial charge in [0, 0.05) is 31.6 Å². The van der Waals surface area contributed by atoms with Gasteiger partial charge in [-0.05, 0) is 24.6 Å². The van der Waals surface area contributed by atoms with E-state index in [-0.39, 0.29) is 0 Å². The van der Waals surface area contributed by atoms with E-state index in [1.54, 1.807) is 45.7 Å². The molecule has 0 spiro atoms. The number of aryl methyl sites for hydroxylation is 2. The standard InChI is InChI=1S/C18H21N5O4/c1-11-7-15(22-27-11)20-18(24)21-16(17-19-5-6-23(17)2)12-8-13(25-3)10-14(9-12)26-4/h5-10,16H,1-4H3,(H2,20,21,22,24). The molecule has 27 heavy (non-hydrogen) atoms. The fourth-order valence-electron chi connectivity index (χ4n) is 2.66. The Balaban J connectivity index is 1.92. The van der Waals surface area contributed by atoms with Crippen LogP contribution in [0.5, 0.6) is 11.5 Å². The lowest BCUT2D eigenvalue weighted by Gasteiger charge is -2.20. The van der Waals surface area contributed by atoms with Crippen molar-refractivity contribution in [3.05, 3.63) is 53.8 Å². The summed E-state index contributed by atoms with van der Waals surface area (Å²) in [5.74, 6) is 2.79. The number of nitrogens with zero attached hydrogens (tertiary/aromatic N) is 3. The van der Waals surface area contributed by atoms with Gasteiger partial charge in [-0.1, -0.05) is 5.16 Å². The van der Waals surface area contributed by atoms with Crippen LogP contribution in [0.1, 0.15) is 23.2 Å². The predicted molar refractivity (Wildman–Crippen MR) is 98.0 cm³/mol. The number of benzene rings is 1. The van der Waals surface area contributed by atoms with Gasteiger partial charge in [0.05, 0.1) is 14.2 Å². The Morgan fingerprint density at radius 1 is 1.19 bits per heavy atom. The zero-order chi connectivity index (χ0) is 19.4. The molecule has 2 aromatic heterocycles. The Hall–Kier alpha value is -3.49. The number of nitrogens with one attached hydrogen (secondary N) is 2. The van der Waals surface area contributed by atoms with E-state index in [4.69, 9.17) is 14.0 Å². The summed E-state index contributed by atoms with van der Waals surface area (Å²) in [6.07, 6.45) is 3.47. The highest BCUT2D eigenvalue weighted by Crippen LogP contribution is 2.29. The second kappa shape index (κ2) is 7.81. The predicted octanol–water partition coefficient (Wildman–Crippen LogP) is 2.64. The van der Waals surface area contributed by atoms with Crippen molar-refractivity contribution in [2.24, 2.45) is 7.05 Å². The number of hydrogen-bond acceptors (Lipinski definition) is 6. The average molecular weight is 371 g/mol. The van der Waals surface area contributed by atoms with Gasteiger partial charge >= 0.3 is 6.03 Å². The van der Waals surface area contributed by atoms with Crippen LogP contribution in [-0.4, -0.2) is 35.0 Å². The summed E-state index contributed by atoms with van der Waals surface area (Å²) in [6, 6.07) is 6.05. The monoisotopic (exact) mass is 371 g/mol. The van der Waals surface area contributed by atoms with Crippen LogP contribution in [-0.2, 0) is 7.05 Å². The lowest BCUT2D eigenvalue weighted by molar-refractivity contribution is 0.249. The molecule has 0 fully saturated rings. The number of carbonyl (C=O) groups is 1. The molecule has 9 heteroatoms. The third-order valence-corrected chi connectivity index (χ3v) is 3.97. The van der Waals surface area contributed by atoms with Crippen molar-refractivity contribution in [3.8, 4) is 11.5 Å². The molecule has 9 nitrogen and oxygen atoms in total. The smallest absolute Gasteiger partial charge is 0.321 e. The Morgan fingerprint density at radius 3 is 2.41 bits per heavy atom. The molecule has 0 radical (unpaired) electrons. The number of urea groups is 1. The third-order valence-electron chi connectivity index (χ3n) is 3.97. The van der Waals surface area contributed by atoms with Gasteiger partial charge in [-0.15, -0.1) is 0 Å². The van der Waals surface area contributed by atoms with E-state index in [0.29, 0.717) is 28.9 Å². The minimum atomic E-state index is -0.540. The van der Waals surface area contributed by atoms with E-state index < -0.39 is 12.1 Å². The maximum Gasteiger partial charge on any atom is 0.321 e. The second-order valence-electron chi connectivity index (χ2n) is 5.90. The largest absolute Gasteiger partial charge is 0.497 e. The van der Waals surface area contributed by atoms with Crippen molar-refractivity contribution in [1.82, 2.24) is 20.0 Å². The van der Waals surface area contributed by atoms with Crippen LogP contribution in [0, 0.1) is 6.92 Å². The van der Waals surface area contributed by atoms with Gasteiger partial charge in [0.15, 0.2) is 5.82 Å². The number of hydrogen-bond donors (Lipinski definition) is 2. The van der Waals surface area contributed by atoms with Crippen molar-refractivity contribution in [2.45, 2.75) is 13.0 Å². The van der Waals surface area contributed by atoms with Crippen molar-refractivity contribution in [1.29, 1.82) is 0 Å². The third kappa shape index (κ3) is 4.20. The van der Waals surface area contributed by atoms with Crippen molar-refractivity contribution >= 4 is 11.8 Å². The Morgan fingerprint density at radius 2 is 1.89 bits per heavy atom. The molecule has 0 saturated heterocycles. The summed E-state index contributed by atoms with van der Waals surface area (Å²) in [6.45, 7) is 1.75. The molecular formula is C18H21N5O4. The molecule has 3 aromatic rings. The first kappa shape index (κ1) is 18.3. The fraction of sp³-hybridized carbons (Fsp3) is 0.278. The second-order valence-corrected chi connectivity index (χ2v) is 5.90. The first-order chi connectivity index (χ1) is 13.0. The van der Waals surface area contributed by atoms with E-state index in [0.717, 1.165) is 5.56 Å². The molecule has 0 aliphatic rings. The topological polar surface area (TPSA) is 103 Å². The molecule has 2 heterocycles. The number of carbonyl (C=O) groups excluding carboxylic acids is 1. The first-order valence-electron chi connectivity index (χ1n) is 8.21. The number of rotatable bonds is 6. The Kier molecular flexibility index (Phi) is 5.30. The number of methoxy groups -OCH3 is 2. The molecule has 1 aromatic carbocycles. The highest BCUT2D eigenvalue weighted by Gasteiger charge is 2.23. The molecule has 3 rings (SSSR count). The van der Waals surface area contributed by atoms with Crippen LogP contribution >= 0.6 is 0 Å². The quantitative estimate of drug-likeness (QED) is 0.690. The molecule has 2 N–H and O–H groups in total. The lowest BCUT2D eigenvalue weighted by atomic mass is 10.1. The minimum absolute atomic E-state index is 0.326. The number of ether oxygens (including phenoxy) is 2. The summed E-state index contributed by atoms with van der Waals surface area (Å²) in [5.41, 5.74) is 0.756. The fourth-order valence-corrected chi connectivity index (χ4v) is 2.66. The lowest BCUT2D eigenvalue weighted by Crippen LogP contribution is -2.34. The van der Waals surface area contributed by atoms with Gasteiger partial charge < -0.3 is 23.9 Å². The number of imidazole rings is 1. The van der Waals surface area contributed by atoms with Gasteiger partial charge in [-0.25, -0.2) is 9.78 Å². The van der Waals surface area contributed by atoms with Crippen LogP contribution in [0.3, 0.4) is 0 Å². The maximum atomic E-state index is 12.5. The zero-order valence-corrected chi connectivity index (χ0v) is 15.5. The molecule has 0 aliphatic carbocycles. The molecular weight excluding hydrogens is 350 g/mol. The maximum absolute atomic E-state index is 12.5. The minimum Gasteiger partial charge on any atom is -0.497 e. The Labute approximate surface area is 156 Å². The van der Waals surface area contributed by atoms with E-state index in [9.17, 15) is 4.79 Å². The van der Waals surface area contributed by atoms with Gasteiger partial charge in [0.1, 0.15) is 29.1 Å². The SMILES string of the molecule is COc1cc(OC)cc(C(NC(=O)Nc2cc(C)on2)c2nccn2C)c1. The molecule has 0 bridgehead atoms. The normalized spacial score (nSPS) is 11.7. The van der Waals surface area contributed by atoms with Crippen LogP contribution in [0.4, 0.5) is 10.6 Å². The molecule has 1 unspecified atom stereocenters. The highest BCUT2D eigenvalue weighted by atomic mass is 16.5. The van der Waals surface area contributed by atoms with Crippen LogP contribution in [0.2, 0.25) is 0 Å². The first-order valence-corrected chi connectivity index (χ1v) is 8.21. The van der Waals surface area contributed by atoms with Crippen molar-refractivity contribution < 1.29 is 18.8 Å². The van der Waals surface area contributed by atoms with Crippen molar-refractivity contribution in [3.63, 3.8) is 0 Å². The summed E-state index contributed by atoms with van der Waals surface area (Å²) < 4.78 is 17.5. The highest BCUT2D eigenvalue weighted by molar-refractivity contribution is 5.88. The van der Waals surface area contributed by atoms with E-state index in [2.05, 4.69) is 20.8 Å². The van der Waals surface area contributed by atoms with Gasteiger partial charge in [-0.3, -0.25) is 5.32 Å². The number of anilines is 1. The summed E-state index contributed by atoms with van der Waals surface area (Å²) in [5, 5.41) is 9.32. The summed E-state index contributed by atoms with van der Waals surface area (Å²) in [7, 11) is 5.00. The summed E-state index contributed by atoms with van der Waals surface area (Å²) >= 11 is 0. The number of amides is 2. The molecule has 142 valence electrons. The molecule has 0 saturated carbocycles. The molecule has 0 aliphatic heterocycles.